The molecule has 0 fully saturated rings. The molecular weight excluding hydrogens is 294 g/mol. The zero-order valence-corrected chi connectivity index (χ0v) is 11.8. The van der Waals surface area contributed by atoms with Gasteiger partial charge < -0.3 is 5.32 Å². The Labute approximate surface area is 114 Å². The summed E-state index contributed by atoms with van der Waals surface area (Å²) in [4.78, 5) is 11.8. The van der Waals surface area contributed by atoms with E-state index < -0.39 is 0 Å². The highest BCUT2D eigenvalue weighted by Crippen LogP contribution is 2.20. The van der Waals surface area contributed by atoms with Crippen LogP contribution in [0.2, 0.25) is 0 Å². The van der Waals surface area contributed by atoms with Gasteiger partial charge in [0.1, 0.15) is 0 Å². The molecule has 2 aromatic rings. The van der Waals surface area contributed by atoms with Crippen molar-refractivity contribution in [1.29, 1.82) is 0 Å². The number of aromatic amines is 1. The van der Waals surface area contributed by atoms with Crippen molar-refractivity contribution in [1.82, 2.24) is 10.2 Å². The summed E-state index contributed by atoms with van der Waals surface area (Å²) in [5, 5.41) is 9.70. The summed E-state index contributed by atoms with van der Waals surface area (Å²) in [6, 6.07) is 7.60. The Kier molecular flexibility index (Phi) is 3.81. The molecule has 1 amide bonds. The number of rotatable bonds is 3. The largest absolute Gasteiger partial charge is 0.326 e. The molecule has 0 saturated heterocycles. The lowest BCUT2D eigenvalue weighted by molar-refractivity contribution is -0.115. The number of halogens is 1. The minimum atomic E-state index is -0.0720. The fraction of sp³-hybridized carbons (Fsp3) is 0.231. The first-order chi connectivity index (χ1) is 8.54. The number of anilines is 1. The van der Waals surface area contributed by atoms with E-state index in [0.29, 0.717) is 0 Å². The topological polar surface area (TPSA) is 57.8 Å². The van der Waals surface area contributed by atoms with Gasteiger partial charge in [0.05, 0.1) is 12.1 Å². The van der Waals surface area contributed by atoms with Gasteiger partial charge in [-0.2, -0.15) is 5.10 Å². The molecule has 18 heavy (non-hydrogen) atoms. The van der Waals surface area contributed by atoms with Gasteiger partial charge >= 0.3 is 0 Å². The molecule has 0 radical (unpaired) electrons. The van der Waals surface area contributed by atoms with Gasteiger partial charge in [0.25, 0.3) is 0 Å². The summed E-state index contributed by atoms with van der Waals surface area (Å²) in [5.41, 5.74) is 3.62. The number of nitrogens with zero attached hydrogens (tertiary/aromatic N) is 1. The normalized spacial score (nSPS) is 10.4. The minimum Gasteiger partial charge on any atom is -0.326 e. The zero-order chi connectivity index (χ0) is 13.1. The smallest absolute Gasteiger partial charge is 0.230 e. The molecule has 4 nitrogen and oxygen atoms in total. The maximum atomic E-state index is 11.8. The zero-order valence-electron chi connectivity index (χ0n) is 10.2. The Balaban J connectivity index is 2.00. The molecule has 0 atom stereocenters. The first kappa shape index (κ1) is 12.8. The van der Waals surface area contributed by atoms with E-state index in [1.54, 1.807) is 0 Å². The Morgan fingerprint density at radius 1 is 1.39 bits per heavy atom. The maximum Gasteiger partial charge on any atom is 0.230 e. The van der Waals surface area contributed by atoms with E-state index in [9.17, 15) is 4.79 Å². The molecule has 0 aliphatic rings. The average Bonchev–Trinajstić information content (AvgIpc) is 2.69. The molecule has 2 N–H and O–H groups in total. The van der Waals surface area contributed by atoms with Crippen LogP contribution in [-0.4, -0.2) is 16.1 Å². The third kappa shape index (κ3) is 3.20. The van der Waals surface area contributed by atoms with Crippen molar-refractivity contribution in [2.24, 2.45) is 0 Å². The van der Waals surface area contributed by atoms with Gasteiger partial charge in [-0.1, -0.05) is 22.0 Å². The number of benzene rings is 1. The van der Waals surface area contributed by atoms with E-state index in [0.717, 1.165) is 27.1 Å². The molecule has 94 valence electrons. The van der Waals surface area contributed by atoms with Crippen LogP contribution in [-0.2, 0) is 11.2 Å². The Hall–Kier alpha value is -1.62. The predicted octanol–water partition coefficient (Wildman–Crippen LogP) is 2.97. The molecule has 1 aromatic carbocycles. The van der Waals surface area contributed by atoms with Crippen LogP contribution in [0.5, 0.6) is 0 Å². The van der Waals surface area contributed by atoms with Crippen LogP contribution in [0.4, 0.5) is 5.69 Å². The quantitative estimate of drug-likeness (QED) is 0.916. The molecule has 0 aliphatic carbocycles. The van der Waals surface area contributed by atoms with E-state index in [1.807, 2.05) is 38.1 Å². The third-order valence-electron chi connectivity index (χ3n) is 2.56. The second-order valence-corrected chi connectivity index (χ2v) is 5.09. The fourth-order valence-electron chi connectivity index (χ4n) is 1.61. The first-order valence-electron chi connectivity index (χ1n) is 5.61. The van der Waals surface area contributed by atoms with Gasteiger partial charge in [0.15, 0.2) is 0 Å². The number of carbonyl (C=O) groups excluding carboxylic acids is 1. The van der Waals surface area contributed by atoms with Crippen molar-refractivity contribution in [3.63, 3.8) is 0 Å². The first-order valence-corrected chi connectivity index (χ1v) is 6.41. The van der Waals surface area contributed by atoms with Crippen molar-refractivity contribution in [3.8, 4) is 0 Å². The van der Waals surface area contributed by atoms with Crippen LogP contribution < -0.4 is 5.32 Å². The lowest BCUT2D eigenvalue weighted by Crippen LogP contribution is -2.14. The van der Waals surface area contributed by atoms with Crippen molar-refractivity contribution < 1.29 is 4.79 Å². The van der Waals surface area contributed by atoms with E-state index in [1.165, 1.54) is 0 Å². The van der Waals surface area contributed by atoms with Crippen LogP contribution in [0.15, 0.2) is 28.7 Å². The molecule has 1 heterocycles. The van der Waals surface area contributed by atoms with Crippen LogP contribution in [0.3, 0.4) is 0 Å². The van der Waals surface area contributed by atoms with E-state index in [-0.39, 0.29) is 12.3 Å². The van der Waals surface area contributed by atoms with Gasteiger partial charge in [0.2, 0.25) is 5.91 Å². The Bertz CT molecular complexity index is 577. The number of amides is 1. The summed E-state index contributed by atoms with van der Waals surface area (Å²) in [6.07, 6.45) is 0.274. The summed E-state index contributed by atoms with van der Waals surface area (Å²) in [7, 11) is 0. The second kappa shape index (κ2) is 5.35. The molecule has 2 rings (SSSR count). The number of hydrogen-bond acceptors (Lipinski definition) is 2. The van der Waals surface area contributed by atoms with Crippen molar-refractivity contribution in [3.05, 3.63) is 45.7 Å². The number of H-pyrrole nitrogens is 1. The van der Waals surface area contributed by atoms with E-state index >= 15 is 0 Å². The number of carbonyl (C=O) groups is 1. The van der Waals surface area contributed by atoms with Gasteiger partial charge in [-0.3, -0.25) is 9.89 Å². The highest BCUT2D eigenvalue weighted by Gasteiger charge is 2.07. The number of aryl methyl sites for hydroxylation is 2. The minimum absolute atomic E-state index is 0.0720. The van der Waals surface area contributed by atoms with E-state index in [4.69, 9.17) is 0 Å². The van der Waals surface area contributed by atoms with Crippen molar-refractivity contribution in [2.75, 3.05) is 5.32 Å². The highest BCUT2D eigenvalue weighted by atomic mass is 79.9. The van der Waals surface area contributed by atoms with Crippen LogP contribution in [0.1, 0.15) is 17.0 Å². The Morgan fingerprint density at radius 2 is 2.17 bits per heavy atom. The standard InChI is InChI=1S/C13H14BrN3O/c1-8-3-4-10(6-12(8)14)15-13(18)7-11-5-9(2)16-17-11/h3-6H,7H2,1-2H3,(H,15,18)(H,16,17). The van der Waals surface area contributed by atoms with Crippen LogP contribution in [0.25, 0.3) is 0 Å². The number of aromatic nitrogens is 2. The second-order valence-electron chi connectivity index (χ2n) is 4.23. The average molecular weight is 308 g/mol. The maximum absolute atomic E-state index is 11.8. The predicted molar refractivity (Wildman–Crippen MR) is 74.5 cm³/mol. The molecule has 0 saturated carbocycles. The monoisotopic (exact) mass is 307 g/mol. The van der Waals surface area contributed by atoms with Gasteiger partial charge in [-0.15, -0.1) is 0 Å². The molecular formula is C13H14BrN3O. The lowest BCUT2D eigenvalue weighted by Gasteiger charge is -2.06. The van der Waals surface area contributed by atoms with Crippen LogP contribution in [0, 0.1) is 13.8 Å². The summed E-state index contributed by atoms with van der Waals surface area (Å²) >= 11 is 3.44. The van der Waals surface area contributed by atoms with Crippen molar-refractivity contribution in [2.45, 2.75) is 20.3 Å². The highest BCUT2D eigenvalue weighted by molar-refractivity contribution is 9.10. The summed E-state index contributed by atoms with van der Waals surface area (Å²) in [6.45, 7) is 3.91. The summed E-state index contributed by atoms with van der Waals surface area (Å²) in [5.74, 6) is -0.0720. The van der Waals surface area contributed by atoms with Crippen molar-refractivity contribution >= 4 is 27.5 Å². The lowest BCUT2D eigenvalue weighted by atomic mass is 10.2. The number of hydrogen-bond donors (Lipinski definition) is 2. The Morgan fingerprint density at radius 3 is 2.78 bits per heavy atom. The van der Waals surface area contributed by atoms with Gasteiger partial charge in [-0.25, -0.2) is 0 Å². The van der Waals surface area contributed by atoms with Crippen LogP contribution >= 0.6 is 15.9 Å². The SMILES string of the molecule is Cc1cc(CC(=O)Nc2ccc(C)c(Br)c2)n[nH]1. The molecule has 0 spiro atoms. The van der Waals surface area contributed by atoms with Gasteiger partial charge in [0, 0.05) is 15.9 Å². The molecule has 0 bridgehead atoms. The molecule has 5 heteroatoms. The van der Waals surface area contributed by atoms with Gasteiger partial charge in [-0.05, 0) is 37.6 Å². The van der Waals surface area contributed by atoms with E-state index in [2.05, 4.69) is 31.4 Å². The molecule has 1 aromatic heterocycles. The molecule has 0 unspecified atom stereocenters. The third-order valence-corrected chi connectivity index (χ3v) is 3.41. The molecule has 0 aliphatic heterocycles. The fourth-order valence-corrected chi connectivity index (χ4v) is 1.98. The summed E-state index contributed by atoms with van der Waals surface area (Å²) < 4.78 is 0.982. The number of nitrogens with one attached hydrogen (secondary N) is 2.